The van der Waals surface area contributed by atoms with Crippen molar-refractivity contribution in [1.82, 2.24) is 0 Å². The van der Waals surface area contributed by atoms with Gasteiger partial charge in [-0.1, -0.05) is 35.9 Å². The quantitative estimate of drug-likeness (QED) is 0.574. The van der Waals surface area contributed by atoms with Gasteiger partial charge in [0, 0.05) is 24.6 Å². The fraction of sp³-hybridized carbons (Fsp3) is 0.0909. The summed E-state index contributed by atoms with van der Waals surface area (Å²) in [4.78, 5) is 24.2. The number of sulfonamides is 1. The summed E-state index contributed by atoms with van der Waals surface area (Å²) in [5, 5.41) is 5.64. The van der Waals surface area contributed by atoms with Crippen LogP contribution in [0.1, 0.15) is 17.3 Å². The van der Waals surface area contributed by atoms with E-state index in [2.05, 4.69) is 10.6 Å². The molecule has 0 atom stereocenters. The molecule has 2 amide bonds. The molecule has 0 saturated heterocycles. The lowest BCUT2D eigenvalue weighted by Gasteiger charge is -2.19. The van der Waals surface area contributed by atoms with Gasteiger partial charge in [0.2, 0.25) is 5.91 Å². The molecule has 0 unspecified atom stereocenters. The minimum Gasteiger partial charge on any atom is -0.325 e. The average molecular weight is 458 g/mol. The molecule has 0 heterocycles. The number of hydrogen-bond donors (Lipinski definition) is 2. The zero-order valence-electron chi connectivity index (χ0n) is 16.8. The smallest absolute Gasteiger partial charge is 0.264 e. The van der Waals surface area contributed by atoms with Gasteiger partial charge in [-0.2, -0.15) is 0 Å². The molecular formula is C22H20ClN3O4S. The molecule has 0 saturated carbocycles. The highest BCUT2D eigenvalue weighted by atomic mass is 35.5. The molecule has 9 heteroatoms. The zero-order valence-corrected chi connectivity index (χ0v) is 18.4. The predicted molar refractivity (Wildman–Crippen MR) is 122 cm³/mol. The van der Waals surface area contributed by atoms with E-state index in [1.54, 1.807) is 42.5 Å². The number of nitrogens with one attached hydrogen (secondary N) is 2. The Balaban J connectivity index is 1.89. The predicted octanol–water partition coefficient (Wildman–Crippen LogP) is 4.38. The molecule has 2 N–H and O–H groups in total. The molecule has 3 aromatic rings. The third kappa shape index (κ3) is 5.22. The number of para-hydroxylation sites is 1. The van der Waals surface area contributed by atoms with Gasteiger partial charge in [-0.25, -0.2) is 8.42 Å². The van der Waals surface area contributed by atoms with Crippen LogP contribution in [0, 0.1) is 0 Å². The van der Waals surface area contributed by atoms with Crippen molar-refractivity contribution in [3.8, 4) is 0 Å². The van der Waals surface area contributed by atoms with Crippen molar-refractivity contribution in [2.45, 2.75) is 11.8 Å². The third-order valence-electron chi connectivity index (χ3n) is 4.41. The number of nitrogens with zero attached hydrogens (tertiary/aromatic N) is 1. The van der Waals surface area contributed by atoms with Gasteiger partial charge < -0.3 is 10.6 Å². The first-order valence-corrected chi connectivity index (χ1v) is 11.0. The number of anilines is 3. The van der Waals surface area contributed by atoms with Gasteiger partial charge in [-0.3, -0.25) is 13.9 Å². The highest BCUT2D eigenvalue weighted by Gasteiger charge is 2.22. The SMILES string of the molecule is CC(=O)Nc1ccc(Cl)cc1NC(=O)c1cccc(S(=O)(=O)N(C)c2ccccc2)c1. The van der Waals surface area contributed by atoms with E-state index in [4.69, 9.17) is 11.6 Å². The first kappa shape index (κ1) is 22.3. The molecular weight excluding hydrogens is 438 g/mol. The highest BCUT2D eigenvalue weighted by molar-refractivity contribution is 7.92. The number of hydrogen-bond acceptors (Lipinski definition) is 4. The van der Waals surface area contributed by atoms with Crippen LogP contribution in [0.5, 0.6) is 0 Å². The van der Waals surface area contributed by atoms with E-state index >= 15 is 0 Å². The number of benzene rings is 3. The molecule has 31 heavy (non-hydrogen) atoms. The van der Waals surface area contributed by atoms with Crippen molar-refractivity contribution in [1.29, 1.82) is 0 Å². The summed E-state index contributed by atoms with van der Waals surface area (Å²) in [6.07, 6.45) is 0. The summed E-state index contributed by atoms with van der Waals surface area (Å²) in [7, 11) is -2.43. The number of rotatable bonds is 6. The molecule has 3 aromatic carbocycles. The fourth-order valence-electron chi connectivity index (χ4n) is 2.85. The first-order chi connectivity index (χ1) is 14.7. The normalized spacial score (nSPS) is 10.9. The fourth-order valence-corrected chi connectivity index (χ4v) is 4.26. The number of amides is 2. The van der Waals surface area contributed by atoms with Crippen LogP contribution < -0.4 is 14.9 Å². The van der Waals surface area contributed by atoms with Crippen LogP contribution in [0.15, 0.2) is 77.7 Å². The van der Waals surface area contributed by atoms with Crippen LogP contribution in [-0.4, -0.2) is 27.3 Å². The van der Waals surface area contributed by atoms with E-state index in [1.165, 1.54) is 44.3 Å². The molecule has 0 aliphatic carbocycles. The molecule has 0 aliphatic heterocycles. The van der Waals surface area contributed by atoms with Crippen molar-refractivity contribution >= 4 is 50.5 Å². The standard InChI is InChI=1S/C22H20ClN3O4S/c1-15(27)24-20-12-11-17(23)14-21(20)25-22(28)16-7-6-10-19(13-16)31(29,30)26(2)18-8-4-3-5-9-18/h3-14H,1-2H3,(H,24,27)(H,25,28). The third-order valence-corrected chi connectivity index (χ3v) is 6.43. The molecule has 7 nitrogen and oxygen atoms in total. The largest absolute Gasteiger partial charge is 0.325 e. The minimum absolute atomic E-state index is 0.0281. The van der Waals surface area contributed by atoms with E-state index in [0.717, 1.165) is 4.31 Å². The first-order valence-electron chi connectivity index (χ1n) is 9.21. The van der Waals surface area contributed by atoms with Gasteiger partial charge in [-0.05, 0) is 48.5 Å². The molecule has 0 aromatic heterocycles. The summed E-state index contributed by atoms with van der Waals surface area (Å²) >= 11 is 6.01. The molecule has 0 fully saturated rings. The van der Waals surface area contributed by atoms with Crippen LogP contribution in [0.25, 0.3) is 0 Å². The van der Waals surface area contributed by atoms with Crippen LogP contribution in [0.3, 0.4) is 0 Å². The Morgan fingerprint density at radius 2 is 1.58 bits per heavy atom. The second-order valence-corrected chi connectivity index (χ2v) is 9.07. The Bertz CT molecular complexity index is 1230. The van der Waals surface area contributed by atoms with Crippen molar-refractivity contribution < 1.29 is 18.0 Å². The van der Waals surface area contributed by atoms with Crippen molar-refractivity contribution in [2.24, 2.45) is 0 Å². The molecule has 0 radical (unpaired) electrons. The Labute approximate surface area is 185 Å². The van der Waals surface area contributed by atoms with Crippen molar-refractivity contribution in [2.75, 3.05) is 22.0 Å². The maximum atomic E-state index is 13.0. The monoisotopic (exact) mass is 457 g/mol. The number of halogens is 1. The molecule has 3 rings (SSSR count). The van der Waals surface area contributed by atoms with Crippen molar-refractivity contribution in [3.63, 3.8) is 0 Å². The minimum atomic E-state index is -3.88. The Morgan fingerprint density at radius 3 is 2.26 bits per heavy atom. The molecule has 160 valence electrons. The molecule has 0 aliphatic rings. The molecule has 0 bridgehead atoms. The van der Waals surface area contributed by atoms with Gasteiger partial charge >= 0.3 is 0 Å². The Hall–Kier alpha value is -3.36. The van der Waals surface area contributed by atoms with Gasteiger partial charge in [-0.15, -0.1) is 0 Å². The summed E-state index contributed by atoms with van der Waals surface area (Å²) in [5.41, 5.74) is 1.30. The maximum absolute atomic E-state index is 13.0. The number of carbonyl (C=O) groups excluding carboxylic acids is 2. The average Bonchev–Trinajstić information content (AvgIpc) is 2.75. The van der Waals surface area contributed by atoms with Gasteiger partial charge in [0.15, 0.2) is 0 Å². The van der Waals surface area contributed by atoms with E-state index in [1.807, 2.05) is 0 Å². The summed E-state index contributed by atoms with van der Waals surface area (Å²) in [6.45, 7) is 1.35. The topological polar surface area (TPSA) is 95.6 Å². The van der Waals surface area contributed by atoms with E-state index in [9.17, 15) is 18.0 Å². The maximum Gasteiger partial charge on any atom is 0.264 e. The molecule has 0 spiro atoms. The lowest BCUT2D eigenvalue weighted by Crippen LogP contribution is -2.26. The van der Waals surface area contributed by atoms with Crippen LogP contribution in [0.4, 0.5) is 17.1 Å². The van der Waals surface area contributed by atoms with Crippen LogP contribution in [0.2, 0.25) is 5.02 Å². The lowest BCUT2D eigenvalue weighted by molar-refractivity contribution is -0.114. The van der Waals surface area contributed by atoms with Gasteiger partial charge in [0.1, 0.15) is 0 Å². The second kappa shape index (κ2) is 9.20. The summed E-state index contributed by atoms with van der Waals surface area (Å²) in [6, 6.07) is 19.0. The van der Waals surface area contributed by atoms with Crippen molar-refractivity contribution in [3.05, 3.63) is 83.4 Å². The number of carbonyl (C=O) groups is 2. The van der Waals surface area contributed by atoms with Crippen LogP contribution >= 0.6 is 11.6 Å². The highest BCUT2D eigenvalue weighted by Crippen LogP contribution is 2.27. The van der Waals surface area contributed by atoms with Gasteiger partial charge in [0.05, 0.1) is 22.0 Å². The van der Waals surface area contributed by atoms with E-state index < -0.39 is 15.9 Å². The Morgan fingerprint density at radius 1 is 0.871 bits per heavy atom. The zero-order chi connectivity index (χ0) is 22.6. The summed E-state index contributed by atoms with van der Waals surface area (Å²) in [5.74, 6) is -0.858. The Kier molecular flexibility index (Phi) is 6.62. The summed E-state index contributed by atoms with van der Waals surface area (Å²) < 4.78 is 27.2. The van der Waals surface area contributed by atoms with Gasteiger partial charge in [0.25, 0.3) is 15.9 Å². The lowest BCUT2D eigenvalue weighted by atomic mass is 10.2. The van der Waals surface area contributed by atoms with E-state index in [0.29, 0.717) is 22.1 Å². The van der Waals surface area contributed by atoms with E-state index in [-0.39, 0.29) is 16.4 Å². The van der Waals surface area contributed by atoms with Crippen LogP contribution in [-0.2, 0) is 14.8 Å². The second-order valence-electron chi connectivity index (χ2n) is 6.66.